The highest BCUT2D eigenvalue weighted by Gasteiger charge is 2.21. The van der Waals surface area contributed by atoms with Crippen LogP contribution in [0.5, 0.6) is 5.75 Å². The number of aliphatic imine (C=N–C) groups is 1. The lowest BCUT2D eigenvalue weighted by molar-refractivity contribution is 0.369. The minimum absolute atomic E-state index is 0. The normalized spacial score (nSPS) is 14.6. The number of aromatic hydroxyl groups is 1. The topological polar surface area (TPSA) is 54.3 Å². The minimum atomic E-state index is -0.174. The second-order valence-corrected chi connectivity index (χ2v) is 7.53. The second-order valence-electron chi connectivity index (χ2n) is 7.53. The van der Waals surface area contributed by atoms with Gasteiger partial charge in [-0.15, -0.1) is 24.0 Å². The number of nitrogens with zero attached hydrogens (tertiary/aromatic N) is 4. The Morgan fingerprint density at radius 2 is 1.83 bits per heavy atom. The van der Waals surface area contributed by atoms with Crippen LogP contribution < -0.4 is 10.2 Å². The number of nitrogens with one attached hydrogen (secondary N) is 1. The maximum absolute atomic E-state index is 14.0. The van der Waals surface area contributed by atoms with Crippen molar-refractivity contribution < 1.29 is 9.50 Å². The summed E-state index contributed by atoms with van der Waals surface area (Å²) in [6.45, 7) is 4.39. The second kappa shape index (κ2) is 11.4. The number of phenolic OH excluding ortho intramolecular Hbond substituents is 1. The highest BCUT2D eigenvalue weighted by Crippen LogP contribution is 2.27. The minimum Gasteiger partial charge on any atom is -0.506 e. The number of phenols is 1. The van der Waals surface area contributed by atoms with Gasteiger partial charge < -0.3 is 25.1 Å². The van der Waals surface area contributed by atoms with Crippen molar-refractivity contribution in [2.24, 2.45) is 4.99 Å². The molecule has 0 aromatic heterocycles. The van der Waals surface area contributed by atoms with E-state index in [1.54, 1.807) is 13.1 Å². The third-order valence-corrected chi connectivity index (χ3v) is 5.06. The summed E-state index contributed by atoms with van der Waals surface area (Å²) in [5, 5.41) is 13.5. The molecule has 1 heterocycles. The van der Waals surface area contributed by atoms with Crippen molar-refractivity contribution >= 4 is 35.6 Å². The van der Waals surface area contributed by atoms with Crippen molar-refractivity contribution in [3.05, 3.63) is 59.4 Å². The van der Waals surface area contributed by atoms with Crippen LogP contribution in [0.25, 0.3) is 0 Å². The van der Waals surface area contributed by atoms with Crippen LogP contribution in [0, 0.1) is 5.82 Å². The molecule has 164 valence electrons. The van der Waals surface area contributed by atoms with Gasteiger partial charge in [0.1, 0.15) is 11.6 Å². The fourth-order valence-corrected chi connectivity index (χ4v) is 3.60. The van der Waals surface area contributed by atoms with Crippen LogP contribution in [0.2, 0.25) is 0 Å². The van der Waals surface area contributed by atoms with Gasteiger partial charge in [-0.3, -0.25) is 4.99 Å². The van der Waals surface area contributed by atoms with Gasteiger partial charge >= 0.3 is 0 Å². The number of guanidine groups is 1. The average Bonchev–Trinajstić information content (AvgIpc) is 2.71. The molecule has 0 aliphatic carbocycles. The first-order valence-corrected chi connectivity index (χ1v) is 9.88. The third-order valence-electron chi connectivity index (χ3n) is 5.06. The molecule has 8 heteroatoms. The molecule has 0 saturated carbocycles. The van der Waals surface area contributed by atoms with E-state index < -0.39 is 0 Å². The lowest BCUT2D eigenvalue weighted by Crippen LogP contribution is -2.52. The maximum Gasteiger partial charge on any atom is 0.194 e. The fraction of sp³-hybridized carbons (Fsp3) is 0.409. The molecule has 2 aromatic carbocycles. The van der Waals surface area contributed by atoms with E-state index in [2.05, 4.69) is 20.1 Å². The molecular weight excluding hydrogens is 496 g/mol. The van der Waals surface area contributed by atoms with Gasteiger partial charge in [-0.05, 0) is 43.9 Å². The molecule has 30 heavy (non-hydrogen) atoms. The summed E-state index contributed by atoms with van der Waals surface area (Å²) >= 11 is 0. The number of benzene rings is 2. The standard InChI is InChI=1S/C22H30FN5O.HI/c1-24-22(25-15-17-8-9-19(23)18(14-17)16-26(2)3)28-12-10-27(11-13-28)20-6-4-5-7-21(20)29;/h4-9,14,29H,10-13,15-16H2,1-3H3,(H,24,25);1H. The van der Waals surface area contributed by atoms with Crippen LogP contribution in [-0.4, -0.2) is 68.2 Å². The number of hydrogen-bond donors (Lipinski definition) is 2. The van der Waals surface area contributed by atoms with Crippen molar-refractivity contribution in [3.63, 3.8) is 0 Å². The highest BCUT2D eigenvalue weighted by atomic mass is 127. The van der Waals surface area contributed by atoms with Crippen molar-refractivity contribution in [1.29, 1.82) is 0 Å². The molecule has 1 aliphatic heterocycles. The van der Waals surface area contributed by atoms with E-state index >= 15 is 0 Å². The number of hydrogen-bond acceptors (Lipinski definition) is 4. The molecule has 0 bridgehead atoms. The first-order chi connectivity index (χ1) is 14.0. The monoisotopic (exact) mass is 527 g/mol. The summed E-state index contributed by atoms with van der Waals surface area (Å²) in [4.78, 5) is 10.8. The Morgan fingerprint density at radius 1 is 1.13 bits per heavy atom. The van der Waals surface area contributed by atoms with Gasteiger partial charge in [0.05, 0.1) is 5.69 Å². The van der Waals surface area contributed by atoms with Crippen LogP contribution in [0.4, 0.5) is 10.1 Å². The summed E-state index contributed by atoms with van der Waals surface area (Å²) < 4.78 is 14.0. The smallest absolute Gasteiger partial charge is 0.194 e. The average molecular weight is 527 g/mol. The molecule has 0 unspecified atom stereocenters. The van der Waals surface area contributed by atoms with Crippen molar-refractivity contribution in [1.82, 2.24) is 15.1 Å². The largest absolute Gasteiger partial charge is 0.506 e. The van der Waals surface area contributed by atoms with Gasteiger partial charge in [-0.1, -0.05) is 18.2 Å². The molecule has 0 atom stereocenters. The Balaban J connectivity index is 0.00000320. The summed E-state index contributed by atoms with van der Waals surface area (Å²) in [7, 11) is 5.64. The molecule has 1 saturated heterocycles. The first kappa shape index (κ1) is 24.2. The fourth-order valence-electron chi connectivity index (χ4n) is 3.60. The van der Waals surface area contributed by atoms with Crippen LogP contribution >= 0.6 is 24.0 Å². The predicted octanol–water partition coefficient (Wildman–Crippen LogP) is 3.11. The first-order valence-electron chi connectivity index (χ1n) is 9.88. The van der Waals surface area contributed by atoms with Gasteiger partial charge in [-0.25, -0.2) is 4.39 Å². The Kier molecular flexibility index (Phi) is 9.16. The zero-order chi connectivity index (χ0) is 20.8. The third kappa shape index (κ3) is 6.21. The number of piperazine rings is 1. The van der Waals surface area contributed by atoms with Gasteiger partial charge in [0.25, 0.3) is 0 Å². The highest BCUT2D eigenvalue weighted by molar-refractivity contribution is 14.0. The number of rotatable bonds is 5. The molecular formula is C22H31FIN5O. The van der Waals surface area contributed by atoms with Gasteiger partial charge in [0, 0.05) is 51.9 Å². The van der Waals surface area contributed by atoms with Crippen LogP contribution in [0.1, 0.15) is 11.1 Å². The molecule has 0 amide bonds. The predicted molar refractivity (Wildman–Crippen MR) is 131 cm³/mol. The van der Waals surface area contributed by atoms with Crippen molar-refractivity contribution in [3.8, 4) is 5.75 Å². The lowest BCUT2D eigenvalue weighted by atomic mass is 10.1. The Morgan fingerprint density at radius 3 is 2.47 bits per heavy atom. The van der Waals surface area contributed by atoms with Crippen molar-refractivity contribution in [2.45, 2.75) is 13.1 Å². The van der Waals surface area contributed by atoms with Crippen LogP contribution in [0.3, 0.4) is 0 Å². The van der Waals surface area contributed by atoms with Gasteiger partial charge in [0.15, 0.2) is 5.96 Å². The number of anilines is 1. The Labute approximate surface area is 195 Å². The molecule has 1 aliphatic rings. The summed E-state index contributed by atoms with van der Waals surface area (Å²) in [5.41, 5.74) is 2.59. The maximum atomic E-state index is 14.0. The van der Waals surface area contributed by atoms with E-state index in [4.69, 9.17) is 0 Å². The van der Waals surface area contributed by atoms with E-state index in [-0.39, 0.29) is 29.8 Å². The Bertz CT molecular complexity index is 853. The van der Waals surface area contributed by atoms with Gasteiger partial charge in [0.2, 0.25) is 0 Å². The zero-order valence-corrected chi connectivity index (χ0v) is 20.1. The molecule has 6 nitrogen and oxygen atoms in total. The van der Waals surface area contributed by atoms with E-state index in [9.17, 15) is 9.50 Å². The van der Waals surface area contributed by atoms with Crippen LogP contribution in [0.15, 0.2) is 47.5 Å². The molecule has 2 aromatic rings. The molecule has 0 spiro atoms. The van der Waals surface area contributed by atoms with Crippen LogP contribution in [-0.2, 0) is 13.1 Å². The number of para-hydroxylation sites is 2. The lowest BCUT2D eigenvalue weighted by Gasteiger charge is -2.37. The van der Waals surface area contributed by atoms with E-state index in [0.29, 0.717) is 24.4 Å². The molecule has 3 rings (SSSR count). The summed E-state index contributed by atoms with van der Waals surface area (Å²) in [6, 6.07) is 12.7. The quantitative estimate of drug-likeness (QED) is 0.356. The SMILES string of the molecule is CN=C(NCc1ccc(F)c(CN(C)C)c1)N1CCN(c2ccccc2O)CC1.I. The molecule has 0 radical (unpaired) electrons. The Hall–Kier alpha value is -2.07. The van der Waals surface area contributed by atoms with Crippen molar-refractivity contribution in [2.75, 3.05) is 52.2 Å². The zero-order valence-electron chi connectivity index (χ0n) is 17.8. The van der Waals surface area contributed by atoms with E-state index in [1.807, 2.05) is 49.3 Å². The summed E-state index contributed by atoms with van der Waals surface area (Å²) in [5.74, 6) is 0.973. The van der Waals surface area contributed by atoms with E-state index in [0.717, 1.165) is 43.4 Å². The summed E-state index contributed by atoms with van der Waals surface area (Å²) in [6.07, 6.45) is 0. The number of halogens is 2. The molecule has 1 fully saturated rings. The van der Waals surface area contributed by atoms with E-state index in [1.165, 1.54) is 6.07 Å². The van der Waals surface area contributed by atoms with Gasteiger partial charge in [-0.2, -0.15) is 0 Å². The molecule has 2 N–H and O–H groups in total.